The number of aromatic nitrogens is 3. The van der Waals surface area contributed by atoms with Crippen molar-refractivity contribution in [1.29, 1.82) is 0 Å². The second-order valence-corrected chi connectivity index (χ2v) is 5.48. The Morgan fingerprint density at radius 1 is 1.04 bits per heavy atom. The summed E-state index contributed by atoms with van der Waals surface area (Å²) in [5.41, 5.74) is 0.988. The third-order valence-corrected chi connectivity index (χ3v) is 3.65. The summed E-state index contributed by atoms with van der Waals surface area (Å²) < 4.78 is 0. The summed E-state index contributed by atoms with van der Waals surface area (Å²) in [6.45, 7) is 1.81. The molecule has 2 heterocycles. The summed E-state index contributed by atoms with van der Waals surface area (Å²) in [7, 11) is 0. The molecule has 3 N–H and O–H groups in total. The van der Waals surface area contributed by atoms with E-state index in [1.807, 2.05) is 13.0 Å². The molecule has 27 heavy (non-hydrogen) atoms. The molecule has 0 saturated heterocycles. The molecular formula is C17H14N6O4. The highest BCUT2D eigenvalue weighted by molar-refractivity contribution is 5.88. The Balaban J connectivity index is 1.95. The summed E-state index contributed by atoms with van der Waals surface area (Å²) in [6.07, 6.45) is 2.74. The minimum absolute atomic E-state index is 0.0125. The van der Waals surface area contributed by atoms with Crippen molar-refractivity contribution in [3.8, 4) is 0 Å². The summed E-state index contributed by atoms with van der Waals surface area (Å²) in [5.74, 6) is -0.668. The fourth-order valence-corrected chi connectivity index (χ4v) is 2.30. The van der Waals surface area contributed by atoms with Gasteiger partial charge in [0.25, 0.3) is 0 Å². The van der Waals surface area contributed by atoms with Gasteiger partial charge in [-0.2, -0.15) is 0 Å². The first-order valence-corrected chi connectivity index (χ1v) is 7.74. The minimum atomic E-state index is -1.06. The van der Waals surface area contributed by atoms with Crippen molar-refractivity contribution in [2.24, 2.45) is 0 Å². The van der Waals surface area contributed by atoms with Crippen molar-refractivity contribution in [2.45, 2.75) is 6.92 Å². The van der Waals surface area contributed by atoms with Crippen LogP contribution in [-0.4, -0.2) is 31.0 Å². The Kier molecular flexibility index (Phi) is 4.88. The molecule has 0 aliphatic heterocycles. The Hall–Kier alpha value is -4.08. The number of rotatable bonds is 6. The molecule has 10 heteroatoms. The van der Waals surface area contributed by atoms with E-state index < -0.39 is 10.9 Å². The van der Waals surface area contributed by atoms with Gasteiger partial charge in [0.2, 0.25) is 11.6 Å². The Morgan fingerprint density at radius 3 is 2.30 bits per heavy atom. The lowest BCUT2D eigenvalue weighted by Gasteiger charge is -2.11. The van der Waals surface area contributed by atoms with Gasteiger partial charge in [-0.15, -0.1) is 0 Å². The second-order valence-electron chi connectivity index (χ2n) is 5.48. The first kappa shape index (κ1) is 17.7. The quantitative estimate of drug-likeness (QED) is 0.442. The van der Waals surface area contributed by atoms with Crippen molar-refractivity contribution >= 4 is 34.8 Å². The molecule has 2 aromatic heterocycles. The summed E-state index contributed by atoms with van der Waals surface area (Å²) in [6, 6.07) is 9.31. The number of hydrogen-bond acceptors (Lipinski definition) is 8. The molecular weight excluding hydrogens is 352 g/mol. The number of anilines is 4. The summed E-state index contributed by atoms with van der Waals surface area (Å²) >= 11 is 0. The zero-order valence-corrected chi connectivity index (χ0v) is 14.1. The van der Waals surface area contributed by atoms with Gasteiger partial charge in [0.15, 0.2) is 0 Å². The van der Waals surface area contributed by atoms with Crippen LogP contribution >= 0.6 is 0 Å². The normalized spacial score (nSPS) is 10.3. The zero-order chi connectivity index (χ0) is 19.4. The van der Waals surface area contributed by atoms with Gasteiger partial charge in [-0.05, 0) is 42.8 Å². The number of carbonyl (C=O) groups is 1. The van der Waals surface area contributed by atoms with Gasteiger partial charge < -0.3 is 15.7 Å². The maximum atomic E-state index is 11.6. The van der Waals surface area contributed by atoms with Crippen LogP contribution in [0, 0.1) is 17.0 Å². The van der Waals surface area contributed by atoms with Crippen LogP contribution in [0.3, 0.4) is 0 Å². The van der Waals surface area contributed by atoms with Gasteiger partial charge in [-0.1, -0.05) is 6.07 Å². The largest absolute Gasteiger partial charge is 0.478 e. The van der Waals surface area contributed by atoms with E-state index in [4.69, 9.17) is 5.11 Å². The van der Waals surface area contributed by atoms with Crippen LogP contribution in [0.1, 0.15) is 15.9 Å². The number of nitrogens with one attached hydrogen (secondary N) is 2. The smallest absolute Gasteiger partial charge is 0.353 e. The first-order valence-electron chi connectivity index (χ1n) is 7.74. The maximum Gasteiger partial charge on any atom is 0.353 e. The number of benzene rings is 1. The van der Waals surface area contributed by atoms with Crippen LogP contribution in [0.2, 0.25) is 0 Å². The predicted molar refractivity (Wildman–Crippen MR) is 97.6 cm³/mol. The molecule has 0 aliphatic rings. The highest BCUT2D eigenvalue weighted by atomic mass is 16.6. The van der Waals surface area contributed by atoms with Crippen molar-refractivity contribution in [2.75, 3.05) is 10.6 Å². The molecule has 136 valence electrons. The molecule has 0 saturated carbocycles. The molecule has 0 atom stereocenters. The topological polar surface area (TPSA) is 143 Å². The number of nitrogens with zero attached hydrogens (tertiary/aromatic N) is 4. The number of carboxylic acids is 1. The molecule has 0 aliphatic carbocycles. The van der Waals surface area contributed by atoms with E-state index in [2.05, 4.69) is 25.6 Å². The van der Waals surface area contributed by atoms with Crippen LogP contribution in [0.4, 0.5) is 28.8 Å². The number of hydrogen-bond donors (Lipinski definition) is 3. The number of pyridine rings is 1. The maximum absolute atomic E-state index is 11.6. The van der Waals surface area contributed by atoms with Crippen LogP contribution in [0.25, 0.3) is 0 Å². The molecule has 0 bridgehead atoms. The first-order chi connectivity index (χ1) is 13.0. The molecule has 0 unspecified atom stereocenters. The van der Waals surface area contributed by atoms with Crippen LogP contribution < -0.4 is 10.6 Å². The third-order valence-electron chi connectivity index (χ3n) is 3.65. The number of aryl methyl sites for hydroxylation is 1. The van der Waals surface area contributed by atoms with E-state index >= 15 is 0 Å². The Labute approximate surface area is 153 Å². The number of aromatic carboxylic acids is 1. The molecule has 3 rings (SSSR count). The predicted octanol–water partition coefficient (Wildman–Crippen LogP) is 3.27. The standard InChI is InChI=1S/C17H14N6O4/c1-10-3-2-8-18-14(10)22-16-13(23(26)27)15(19-9-20-16)21-12-6-4-11(5-7-12)17(24)25/h2-9H,1H3,(H,24,25)(H2,18,19,20,21,22). The van der Waals surface area contributed by atoms with Gasteiger partial charge in [0.1, 0.15) is 12.1 Å². The van der Waals surface area contributed by atoms with E-state index in [1.165, 1.54) is 30.6 Å². The van der Waals surface area contributed by atoms with E-state index in [-0.39, 0.29) is 22.9 Å². The van der Waals surface area contributed by atoms with Gasteiger partial charge in [-0.3, -0.25) is 10.1 Å². The van der Waals surface area contributed by atoms with Crippen LogP contribution in [0.5, 0.6) is 0 Å². The molecule has 0 spiro atoms. The van der Waals surface area contributed by atoms with Crippen LogP contribution in [0.15, 0.2) is 48.9 Å². The van der Waals surface area contributed by atoms with Gasteiger partial charge in [0.05, 0.1) is 10.5 Å². The van der Waals surface area contributed by atoms with E-state index in [1.54, 1.807) is 12.3 Å². The van der Waals surface area contributed by atoms with E-state index in [0.717, 1.165) is 5.56 Å². The highest BCUT2D eigenvalue weighted by Gasteiger charge is 2.24. The zero-order valence-electron chi connectivity index (χ0n) is 14.1. The summed E-state index contributed by atoms with van der Waals surface area (Å²) in [5, 5.41) is 26.2. The van der Waals surface area contributed by atoms with Crippen molar-refractivity contribution in [3.05, 3.63) is 70.2 Å². The monoisotopic (exact) mass is 366 g/mol. The van der Waals surface area contributed by atoms with Crippen LogP contribution in [-0.2, 0) is 0 Å². The van der Waals surface area contributed by atoms with Gasteiger partial charge >= 0.3 is 11.7 Å². The number of carboxylic acid groups (broad SMARTS) is 1. The van der Waals surface area contributed by atoms with Gasteiger partial charge in [-0.25, -0.2) is 19.7 Å². The third kappa shape index (κ3) is 3.95. The summed E-state index contributed by atoms with van der Waals surface area (Å²) in [4.78, 5) is 33.9. The fraction of sp³-hybridized carbons (Fsp3) is 0.0588. The van der Waals surface area contributed by atoms with Crippen molar-refractivity contribution in [3.63, 3.8) is 0 Å². The van der Waals surface area contributed by atoms with Crippen molar-refractivity contribution < 1.29 is 14.8 Å². The average molecular weight is 366 g/mol. The number of nitro groups is 1. The van der Waals surface area contributed by atoms with E-state index in [9.17, 15) is 14.9 Å². The lowest BCUT2D eigenvalue weighted by molar-refractivity contribution is -0.383. The van der Waals surface area contributed by atoms with Gasteiger partial charge in [0, 0.05) is 11.9 Å². The lowest BCUT2D eigenvalue weighted by Crippen LogP contribution is -2.07. The van der Waals surface area contributed by atoms with E-state index in [0.29, 0.717) is 11.5 Å². The molecule has 0 amide bonds. The molecule has 10 nitrogen and oxygen atoms in total. The van der Waals surface area contributed by atoms with Crippen molar-refractivity contribution in [1.82, 2.24) is 15.0 Å². The fourth-order valence-electron chi connectivity index (χ4n) is 2.30. The molecule has 0 fully saturated rings. The highest BCUT2D eigenvalue weighted by Crippen LogP contribution is 2.33. The Morgan fingerprint density at radius 2 is 1.70 bits per heavy atom. The SMILES string of the molecule is Cc1cccnc1Nc1ncnc(Nc2ccc(C(=O)O)cc2)c1[N+](=O)[O-]. The molecule has 3 aromatic rings. The lowest BCUT2D eigenvalue weighted by atomic mass is 10.2. The Bertz CT molecular complexity index is 1010. The minimum Gasteiger partial charge on any atom is -0.478 e. The average Bonchev–Trinajstić information content (AvgIpc) is 2.64. The molecule has 0 radical (unpaired) electrons. The second kappa shape index (κ2) is 7.44. The molecule has 1 aromatic carbocycles.